The quantitative estimate of drug-likeness (QED) is 0.289. The van der Waals surface area contributed by atoms with Crippen molar-refractivity contribution < 1.29 is 23.6 Å². The molecule has 1 N–H and O–H groups in total. The van der Waals surface area contributed by atoms with Gasteiger partial charge in [0.15, 0.2) is 5.58 Å². The van der Waals surface area contributed by atoms with E-state index in [0.717, 1.165) is 75.8 Å². The molecule has 5 rings (SSSR count). The van der Waals surface area contributed by atoms with Crippen LogP contribution in [0.2, 0.25) is 0 Å². The number of carboxylic acids is 1. The van der Waals surface area contributed by atoms with Gasteiger partial charge in [-0.3, -0.25) is 4.79 Å². The summed E-state index contributed by atoms with van der Waals surface area (Å²) in [6.45, 7) is 9.30. The third-order valence-corrected chi connectivity index (χ3v) is 7.18. The summed E-state index contributed by atoms with van der Waals surface area (Å²) in [5, 5.41) is 16.1. The topological polar surface area (TPSA) is 85.7 Å². The predicted molar refractivity (Wildman–Crippen MR) is 140 cm³/mol. The molecule has 2 aromatic heterocycles. The number of aryl methyl sites for hydroxylation is 2. The third kappa shape index (κ3) is 4.73. The highest BCUT2D eigenvalue weighted by atomic mass is 16.5. The normalized spacial score (nSPS) is 15.9. The molecule has 190 valence electrons. The van der Waals surface area contributed by atoms with Crippen molar-refractivity contribution in [1.29, 1.82) is 0 Å². The van der Waals surface area contributed by atoms with Gasteiger partial charge in [0.2, 0.25) is 0 Å². The Balaban J connectivity index is 1.37. The smallest absolute Gasteiger partial charge is 0.306 e. The predicted octanol–water partition coefficient (Wildman–Crippen LogP) is 6.93. The van der Waals surface area contributed by atoms with Crippen molar-refractivity contribution in [2.24, 2.45) is 11.3 Å². The van der Waals surface area contributed by atoms with E-state index in [1.807, 2.05) is 18.4 Å². The second-order valence-corrected chi connectivity index (χ2v) is 11.2. The minimum absolute atomic E-state index is 0.130. The minimum Gasteiger partial charge on any atom is -0.493 e. The van der Waals surface area contributed by atoms with Crippen molar-refractivity contribution in [2.75, 3.05) is 6.61 Å². The zero-order chi connectivity index (χ0) is 25.4. The Hall–Kier alpha value is -3.28. The van der Waals surface area contributed by atoms with Crippen LogP contribution in [0.4, 0.5) is 0 Å². The Kier molecular flexibility index (Phi) is 6.54. The highest BCUT2D eigenvalue weighted by Gasteiger charge is 2.27. The summed E-state index contributed by atoms with van der Waals surface area (Å²) in [5.41, 5.74) is 7.37. The SMILES string of the molecule is CCCc1c(OCCc2coc3ccc4c(c23)CCC(C(=O)O)C4)ccc2c(CC(C)(C)C)noc12. The molecule has 0 amide bonds. The van der Waals surface area contributed by atoms with Crippen molar-refractivity contribution in [3.63, 3.8) is 0 Å². The first kappa shape index (κ1) is 24.4. The van der Waals surface area contributed by atoms with E-state index in [0.29, 0.717) is 25.9 Å². The Bertz CT molecular complexity index is 1400. The summed E-state index contributed by atoms with van der Waals surface area (Å²) < 4.78 is 18.0. The fraction of sp³-hybridized carbons (Fsp3) is 0.467. The van der Waals surface area contributed by atoms with Gasteiger partial charge in [-0.1, -0.05) is 45.3 Å². The summed E-state index contributed by atoms with van der Waals surface area (Å²) in [5.74, 6) is -0.166. The number of aliphatic carboxylic acids is 1. The zero-order valence-electron chi connectivity index (χ0n) is 21.6. The molecule has 0 saturated heterocycles. The van der Waals surface area contributed by atoms with Crippen molar-refractivity contribution in [3.05, 3.63) is 58.5 Å². The monoisotopic (exact) mass is 489 g/mol. The fourth-order valence-electron chi connectivity index (χ4n) is 5.48. The standard InChI is InChI=1S/C30H35NO5/c1-5-6-23-25(12-10-22-24(16-30(2,3)4)31-36-28(22)23)34-14-13-20-17-35-26-11-8-18-15-19(29(32)33)7-9-21(18)27(20)26/h8,10-12,17,19H,5-7,9,13-16H2,1-4H3,(H,32,33). The number of fused-ring (bicyclic) bond motifs is 4. The van der Waals surface area contributed by atoms with E-state index >= 15 is 0 Å². The van der Waals surface area contributed by atoms with Crippen LogP contribution in [0.25, 0.3) is 21.9 Å². The molecule has 4 aromatic rings. The first-order chi connectivity index (χ1) is 17.2. The van der Waals surface area contributed by atoms with Crippen LogP contribution >= 0.6 is 0 Å². The van der Waals surface area contributed by atoms with E-state index < -0.39 is 5.97 Å². The molecular weight excluding hydrogens is 454 g/mol. The maximum absolute atomic E-state index is 11.5. The van der Waals surface area contributed by atoms with Gasteiger partial charge in [-0.15, -0.1) is 0 Å². The molecule has 0 spiro atoms. The van der Waals surface area contributed by atoms with Crippen LogP contribution in [0, 0.1) is 11.3 Å². The van der Waals surface area contributed by atoms with Crippen LogP contribution in [0.1, 0.15) is 68.5 Å². The zero-order valence-corrected chi connectivity index (χ0v) is 21.6. The van der Waals surface area contributed by atoms with Gasteiger partial charge in [0.05, 0.1) is 24.5 Å². The van der Waals surface area contributed by atoms with Crippen LogP contribution < -0.4 is 4.74 Å². The Morgan fingerprint density at radius 2 is 2.03 bits per heavy atom. The lowest BCUT2D eigenvalue weighted by atomic mass is 9.82. The summed E-state index contributed by atoms with van der Waals surface area (Å²) in [6, 6.07) is 8.12. The van der Waals surface area contributed by atoms with E-state index in [-0.39, 0.29) is 11.3 Å². The average Bonchev–Trinajstić information content (AvgIpc) is 3.43. The lowest BCUT2D eigenvalue weighted by Crippen LogP contribution is -2.22. The molecule has 1 atom stereocenters. The number of carbonyl (C=O) groups is 1. The van der Waals surface area contributed by atoms with Crippen molar-refractivity contribution >= 4 is 27.9 Å². The van der Waals surface area contributed by atoms with Crippen molar-refractivity contribution in [1.82, 2.24) is 5.16 Å². The fourth-order valence-corrected chi connectivity index (χ4v) is 5.48. The van der Waals surface area contributed by atoms with Crippen LogP contribution in [0.15, 0.2) is 39.5 Å². The molecule has 2 heterocycles. The second-order valence-electron chi connectivity index (χ2n) is 11.2. The Morgan fingerprint density at radius 1 is 1.19 bits per heavy atom. The molecule has 0 saturated carbocycles. The van der Waals surface area contributed by atoms with Gasteiger partial charge in [-0.2, -0.15) is 0 Å². The lowest BCUT2D eigenvalue weighted by molar-refractivity contribution is -0.142. The molecule has 6 heteroatoms. The van der Waals surface area contributed by atoms with Gasteiger partial charge < -0.3 is 18.8 Å². The summed E-state index contributed by atoms with van der Waals surface area (Å²) in [6.07, 6.45) is 7.25. The number of nitrogens with zero attached hydrogens (tertiary/aromatic N) is 1. The number of carboxylic acid groups (broad SMARTS) is 1. The largest absolute Gasteiger partial charge is 0.493 e. The molecule has 1 aliphatic carbocycles. The van der Waals surface area contributed by atoms with E-state index in [2.05, 4.69) is 45.0 Å². The number of rotatable bonds is 8. The van der Waals surface area contributed by atoms with Gasteiger partial charge in [0.1, 0.15) is 11.3 Å². The maximum atomic E-state index is 11.5. The first-order valence-corrected chi connectivity index (χ1v) is 13.0. The van der Waals surface area contributed by atoms with Crippen LogP contribution in [-0.2, 0) is 36.9 Å². The van der Waals surface area contributed by atoms with Gasteiger partial charge in [0.25, 0.3) is 0 Å². The van der Waals surface area contributed by atoms with Gasteiger partial charge in [-0.05, 0) is 66.8 Å². The molecule has 0 fully saturated rings. The minimum atomic E-state index is -0.710. The summed E-state index contributed by atoms with van der Waals surface area (Å²) >= 11 is 0. The van der Waals surface area contributed by atoms with E-state index in [9.17, 15) is 9.90 Å². The van der Waals surface area contributed by atoms with E-state index in [4.69, 9.17) is 13.7 Å². The van der Waals surface area contributed by atoms with E-state index in [1.54, 1.807) is 0 Å². The van der Waals surface area contributed by atoms with Gasteiger partial charge >= 0.3 is 5.97 Å². The highest BCUT2D eigenvalue weighted by Crippen LogP contribution is 2.36. The number of benzene rings is 2. The first-order valence-electron chi connectivity index (χ1n) is 13.0. The number of hydrogen-bond acceptors (Lipinski definition) is 5. The van der Waals surface area contributed by atoms with E-state index in [1.165, 1.54) is 5.56 Å². The molecule has 0 aliphatic heterocycles. The molecule has 6 nitrogen and oxygen atoms in total. The second kappa shape index (κ2) is 9.64. The molecule has 0 radical (unpaired) electrons. The third-order valence-electron chi connectivity index (χ3n) is 7.18. The van der Waals surface area contributed by atoms with Crippen LogP contribution in [-0.4, -0.2) is 22.8 Å². The summed E-state index contributed by atoms with van der Waals surface area (Å²) in [7, 11) is 0. The van der Waals surface area contributed by atoms with Crippen LogP contribution in [0.5, 0.6) is 5.75 Å². The number of aromatic nitrogens is 1. The average molecular weight is 490 g/mol. The summed E-state index contributed by atoms with van der Waals surface area (Å²) in [4.78, 5) is 11.5. The molecule has 1 unspecified atom stereocenters. The van der Waals surface area contributed by atoms with Crippen LogP contribution in [0.3, 0.4) is 0 Å². The molecular formula is C30H35NO5. The molecule has 0 bridgehead atoms. The van der Waals surface area contributed by atoms with Crippen molar-refractivity contribution in [3.8, 4) is 5.75 Å². The Morgan fingerprint density at radius 3 is 2.78 bits per heavy atom. The lowest BCUT2D eigenvalue weighted by Gasteiger charge is -2.22. The molecule has 2 aromatic carbocycles. The van der Waals surface area contributed by atoms with Gasteiger partial charge in [-0.25, -0.2) is 0 Å². The molecule has 36 heavy (non-hydrogen) atoms. The van der Waals surface area contributed by atoms with Crippen molar-refractivity contribution in [2.45, 2.75) is 72.6 Å². The Labute approximate surface area is 211 Å². The number of hydrogen-bond donors (Lipinski definition) is 1. The number of furan rings is 1. The van der Waals surface area contributed by atoms with Gasteiger partial charge in [0, 0.05) is 28.3 Å². The highest BCUT2D eigenvalue weighted by molar-refractivity contribution is 5.87. The number of ether oxygens (including phenoxy) is 1. The maximum Gasteiger partial charge on any atom is 0.306 e. The molecule has 1 aliphatic rings.